The van der Waals surface area contributed by atoms with Gasteiger partial charge in [-0.3, -0.25) is 15.1 Å². The summed E-state index contributed by atoms with van der Waals surface area (Å²) >= 11 is 12.5. The van der Waals surface area contributed by atoms with Crippen molar-refractivity contribution in [3.05, 3.63) is 29.7 Å². The molecule has 0 radical (unpaired) electrons. The van der Waals surface area contributed by atoms with Gasteiger partial charge < -0.3 is 9.31 Å². The summed E-state index contributed by atoms with van der Waals surface area (Å²) in [5.41, 5.74) is -1.26. The van der Waals surface area contributed by atoms with E-state index < -0.39 is 18.3 Å². The van der Waals surface area contributed by atoms with E-state index in [9.17, 15) is 4.79 Å². The summed E-state index contributed by atoms with van der Waals surface area (Å²) in [6.07, 6.45) is 7.94. The smallest absolute Gasteiger partial charge is 0.402 e. The zero-order valence-corrected chi connectivity index (χ0v) is 18.2. The van der Waals surface area contributed by atoms with Crippen LogP contribution in [0, 0.1) is 5.92 Å². The number of halogens is 2. The van der Waals surface area contributed by atoms with Crippen molar-refractivity contribution in [3.8, 4) is 0 Å². The van der Waals surface area contributed by atoms with Crippen LogP contribution in [0.15, 0.2) is 29.5 Å². The number of aromatic nitrogens is 2. The molecule has 7 nitrogen and oxygen atoms in total. The molecule has 1 N–H and O–H groups in total. The van der Waals surface area contributed by atoms with E-state index in [4.69, 9.17) is 32.5 Å². The van der Waals surface area contributed by atoms with Gasteiger partial charge in [0, 0.05) is 5.92 Å². The number of carbonyl (C=O) groups is 1. The van der Waals surface area contributed by atoms with Crippen molar-refractivity contribution >= 4 is 47.2 Å². The largest absolute Gasteiger partial charge is 0.484 e. The number of rotatable bonds is 5. The summed E-state index contributed by atoms with van der Waals surface area (Å²) in [5.74, 6) is 0.365. The van der Waals surface area contributed by atoms with E-state index in [1.807, 2.05) is 26.8 Å². The van der Waals surface area contributed by atoms with Gasteiger partial charge in [-0.2, -0.15) is 0 Å². The Morgan fingerprint density at radius 3 is 2.76 bits per heavy atom. The van der Waals surface area contributed by atoms with E-state index in [0.717, 1.165) is 12.8 Å². The Kier molecular flexibility index (Phi) is 5.48. The number of allylic oxidation sites excluding steroid dienone is 1. The molecule has 1 aromatic heterocycles. The quantitative estimate of drug-likeness (QED) is 0.436. The Morgan fingerprint density at radius 1 is 1.34 bits per heavy atom. The van der Waals surface area contributed by atoms with E-state index in [1.54, 1.807) is 23.0 Å². The van der Waals surface area contributed by atoms with Gasteiger partial charge in [-0.1, -0.05) is 17.7 Å². The normalized spacial score (nSPS) is 28.4. The Balaban J connectivity index is 1.48. The van der Waals surface area contributed by atoms with Crippen molar-refractivity contribution in [2.24, 2.45) is 10.9 Å². The fourth-order valence-corrected chi connectivity index (χ4v) is 3.88. The highest BCUT2D eigenvalue weighted by molar-refractivity contribution is 6.69. The Hall–Kier alpha value is -1.48. The first-order chi connectivity index (χ1) is 13.7. The molecule has 1 amide bonds. The molecule has 0 aromatic carbocycles. The minimum absolute atomic E-state index is 0.00414. The maximum atomic E-state index is 11.9. The molecule has 10 heteroatoms. The van der Waals surface area contributed by atoms with E-state index in [1.165, 1.54) is 0 Å². The first kappa shape index (κ1) is 20.8. The van der Waals surface area contributed by atoms with Crippen molar-refractivity contribution in [3.63, 3.8) is 0 Å². The average Bonchev–Trinajstić information content (AvgIpc) is 3.45. The van der Waals surface area contributed by atoms with Gasteiger partial charge in [0.1, 0.15) is 17.3 Å². The third-order valence-corrected chi connectivity index (χ3v) is 6.38. The van der Waals surface area contributed by atoms with Gasteiger partial charge in [0.15, 0.2) is 0 Å². The molecule has 0 bridgehead atoms. The van der Waals surface area contributed by atoms with Crippen LogP contribution in [0.2, 0.25) is 5.15 Å². The predicted molar refractivity (Wildman–Crippen MR) is 112 cm³/mol. The maximum Gasteiger partial charge on any atom is 0.484 e. The van der Waals surface area contributed by atoms with Crippen LogP contribution < -0.4 is 9.88 Å². The summed E-state index contributed by atoms with van der Waals surface area (Å²) in [6.45, 7) is 6.40. The van der Waals surface area contributed by atoms with Crippen LogP contribution >= 0.6 is 23.2 Å². The second-order valence-electron chi connectivity index (χ2n) is 8.49. The highest BCUT2D eigenvalue weighted by Gasteiger charge is 2.57. The third kappa shape index (κ3) is 4.36. The molecular formula is C19H24BCl2N4O3+. The first-order valence-electron chi connectivity index (χ1n) is 9.78. The van der Waals surface area contributed by atoms with Crippen LogP contribution in [0.25, 0.3) is 0 Å². The van der Waals surface area contributed by atoms with Crippen LogP contribution in [0.3, 0.4) is 0 Å². The molecule has 3 aliphatic rings. The number of hydrogen-bond acceptors (Lipinski definition) is 5. The Morgan fingerprint density at radius 2 is 2.10 bits per heavy atom. The average molecular weight is 438 g/mol. The molecule has 1 saturated heterocycles. The molecule has 3 heterocycles. The lowest BCUT2D eigenvalue weighted by Gasteiger charge is -2.35. The molecule has 2 fully saturated rings. The summed E-state index contributed by atoms with van der Waals surface area (Å²) in [7, 11) is -0.502. The lowest BCUT2D eigenvalue weighted by atomic mass is 9.76. The molecule has 2 aliphatic heterocycles. The fourth-order valence-electron chi connectivity index (χ4n) is 3.46. The number of amides is 1. The topological polar surface area (TPSA) is 76.7 Å². The second kappa shape index (κ2) is 7.65. The van der Waals surface area contributed by atoms with Gasteiger partial charge >= 0.3 is 7.12 Å². The van der Waals surface area contributed by atoms with Gasteiger partial charge in [-0.25, -0.2) is 4.57 Å². The van der Waals surface area contributed by atoms with Gasteiger partial charge in [0.25, 0.3) is 12.1 Å². The van der Waals surface area contributed by atoms with Gasteiger partial charge in [0.05, 0.1) is 17.6 Å². The number of nitrogens with zero attached hydrogens (tertiary/aromatic N) is 3. The zero-order chi connectivity index (χ0) is 20.8. The van der Waals surface area contributed by atoms with Crippen LogP contribution in [0.4, 0.5) is 5.82 Å². The molecule has 154 valence electrons. The van der Waals surface area contributed by atoms with Crippen molar-refractivity contribution in [1.29, 1.82) is 0 Å². The van der Waals surface area contributed by atoms with Gasteiger partial charge in [0.2, 0.25) is 11.1 Å². The molecule has 2 atom stereocenters. The lowest BCUT2D eigenvalue weighted by Crippen LogP contribution is -2.56. The van der Waals surface area contributed by atoms with Crippen LogP contribution in [-0.4, -0.2) is 40.3 Å². The first-order valence-corrected chi connectivity index (χ1v) is 10.5. The standard InChI is InChI=1S/C19H23BCl2N4O3/c1-18(2)19(3,29-20(28-18)13-5-4-6-14(21)24-13)10-26-11-23-16(9-15(26)22)25-17(27)12-7-8-12/h4,6,9,11-13H,5,7-8,10H2,1-3H3/p+1. The minimum atomic E-state index is -0.671. The molecule has 1 saturated carbocycles. The van der Waals surface area contributed by atoms with Crippen LogP contribution in [-0.2, 0) is 20.6 Å². The highest BCUT2D eigenvalue weighted by atomic mass is 35.5. The summed E-state index contributed by atoms with van der Waals surface area (Å²) in [5, 5.41) is 3.71. The van der Waals surface area contributed by atoms with Gasteiger partial charge in [-0.15, -0.1) is 0 Å². The molecule has 1 aliphatic carbocycles. The van der Waals surface area contributed by atoms with E-state index in [2.05, 4.69) is 15.3 Å². The van der Waals surface area contributed by atoms with Crippen molar-refractivity contribution in [2.75, 3.05) is 5.32 Å². The maximum absolute atomic E-state index is 11.9. The number of carbonyl (C=O) groups excluding carboxylic acids is 1. The lowest BCUT2D eigenvalue weighted by molar-refractivity contribution is -0.710. The predicted octanol–water partition coefficient (Wildman–Crippen LogP) is 2.95. The SMILES string of the molecule is CC1(C)OB(C2CC=CC(Cl)=N2)OC1(C)C[n+]1cnc(NC(=O)C2CC2)cc1Cl. The van der Waals surface area contributed by atoms with Crippen molar-refractivity contribution in [2.45, 2.75) is 63.7 Å². The number of aliphatic imine (C=N–C) groups is 1. The van der Waals surface area contributed by atoms with Crippen LogP contribution in [0.1, 0.15) is 40.0 Å². The summed E-state index contributed by atoms with van der Waals surface area (Å²) in [6, 6.07) is 1.65. The van der Waals surface area contributed by atoms with E-state index in [-0.39, 0.29) is 17.8 Å². The van der Waals surface area contributed by atoms with Crippen molar-refractivity contribution < 1.29 is 18.7 Å². The molecule has 4 rings (SSSR count). The number of dihydropyridines is 1. The molecule has 2 unspecified atom stereocenters. The number of hydrogen-bond donors (Lipinski definition) is 1. The second-order valence-corrected chi connectivity index (χ2v) is 9.27. The van der Waals surface area contributed by atoms with Crippen LogP contribution in [0.5, 0.6) is 0 Å². The minimum Gasteiger partial charge on any atom is -0.402 e. The third-order valence-electron chi connectivity index (χ3n) is 5.83. The molecular weight excluding hydrogens is 414 g/mol. The Bertz CT molecular complexity index is 890. The summed E-state index contributed by atoms with van der Waals surface area (Å²) in [4.78, 5) is 20.7. The van der Waals surface area contributed by atoms with E-state index in [0.29, 0.717) is 29.1 Å². The van der Waals surface area contributed by atoms with E-state index >= 15 is 0 Å². The molecule has 29 heavy (non-hydrogen) atoms. The Labute approximate surface area is 180 Å². The van der Waals surface area contributed by atoms with Crippen molar-refractivity contribution in [1.82, 2.24) is 4.98 Å². The molecule has 0 spiro atoms. The number of anilines is 1. The summed E-state index contributed by atoms with van der Waals surface area (Å²) < 4.78 is 14.4. The molecule has 1 aromatic rings. The monoisotopic (exact) mass is 437 g/mol. The highest BCUT2D eigenvalue weighted by Crippen LogP contribution is 2.40. The zero-order valence-electron chi connectivity index (χ0n) is 16.7. The fraction of sp³-hybridized carbons (Fsp3) is 0.579. The number of nitrogens with one attached hydrogen (secondary N) is 1. The van der Waals surface area contributed by atoms with Gasteiger partial charge in [-0.05, 0) is 62.7 Å².